The summed E-state index contributed by atoms with van der Waals surface area (Å²) < 4.78 is 6.25. The van der Waals surface area contributed by atoms with E-state index < -0.39 is 59.5 Å². The largest absolute Gasteiger partial charge is 0.475 e. The maximum atomic E-state index is 13.9. The van der Waals surface area contributed by atoms with Gasteiger partial charge in [0.2, 0.25) is 5.91 Å². The number of amides is 2. The van der Waals surface area contributed by atoms with E-state index in [9.17, 15) is 29.4 Å². The van der Waals surface area contributed by atoms with Gasteiger partial charge in [0.1, 0.15) is 18.4 Å². The van der Waals surface area contributed by atoms with E-state index in [4.69, 9.17) is 16.3 Å². The molecule has 1 saturated carbocycles. The number of alkyl carbamates (subject to hydrolysis) is 1. The third-order valence-electron chi connectivity index (χ3n) is 10.1. The maximum Gasteiger partial charge on any atom is 0.408 e. The summed E-state index contributed by atoms with van der Waals surface area (Å²) >= 11 is 6.38. The van der Waals surface area contributed by atoms with Gasteiger partial charge in [0.15, 0.2) is 0 Å². The smallest absolute Gasteiger partial charge is 0.408 e. The van der Waals surface area contributed by atoms with Crippen LogP contribution in [0.4, 0.5) is 4.79 Å². The quantitative estimate of drug-likeness (QED) is 0.136. The van der Waals surface area contributed by atoms with Crippen molar-refractivity contribution < 1.29 is 34.1 Å². The van der Waals surface area contributed by atoms with Gasteiger partial charge >= 0.3 is 12.1 Å². The lowest BCUT2D eigenvalue weighted by molar-refractivity contribution is -0.150. The third-order valence-corrected chi connectivity index (χ3v) is 10.4. The molecule has 1 saturated heterocycles. The summed E-state index contributed by atoms with van der Waals surface area (Å²) in [6.07, 6.45) is 3.14. The lowest BCUT2D eigenvalue weighted by Gasteiger charge is -2.35. The van der Waals surface area contributed by atoms with Gasteiger partial charge in [0, 0.05) is 16.4 Å². The average molecular weight is 692 g/mol. The molecule has 5 rings (SSSR count). The minimum absolute atomic E-state index is 0.0521. The predicted octanol–water partition coefficient (Wildman–Crippen LogP) is 6.03. The van der Waals surface area contributed by atoms with Gasteiger partial charge in [-0.2, -0.15) is 0 Å². The highest BCUT2D eigenvalue weighted by Crippen LogP contribution is 2.41. The second-order valence-electron chi connectivity index (χ2n) is 14.0. The zero-order valence-electron chi connectivity index (χ0n) is 28.0. The van der Waals surface area contributed by atoms with E-state index in [0.29, 0.717) is 24.4 Å². The summed E-state index contributed by atoms with van der Waals surface area (Å²) in [5.74, 6) is -3.79. The molecule has 1 heterocycles. The molecule has 0 radical (unpaired) electrons. The fourth-order valence-corrected chi connectivity index (χ4v) is 7.45. The number of nitrogens with one attached hydrogen (secondary N) is 3. The molecule has 49 heavy (non-hydrogen) atoms. The lowest BCUT2D eigenvalue weighted by atomic mass is 9.76. The SMILES string of the molecule is CC(C)(c1cccc(Cl)c1)C(OC(=O)N[C@@H](CC1CCCCC1)C(=O)N[C@@H](C[C@@H]1CCNC1O)C(=O)C(=O)O)c1ccc2ccccc2c1. The first-order chi connectivity index (χ1) is 23.4. The van der Waals surface area contributed by atoms with E-state index in [1.54, 1.807) is 6.07 Å². The molecule has 0 aromatic heterocycles. The molecule has 11 heteroatoms. The van der Waals surface area contributed by atoms with Crippen LogP contribution in [0.3, 0.4) is 0 Å². The summed E-state index contributed by atoms with van der Waals surface area (Å²) in [5.41, 5.74) is 0.838. The Labute approximate surface area is 291 Å². The number of halogens is 1. The minimum Gasteiger partial charge on any atom is -0.475 e. The van der Waals surface area contributed by atoms with Gasteiger partial charge in [-0.1, -0.05) is 106 Å². The zero-order chi connectivity index (χ0) is 35.1. The first-order valence-corrected chi connectivity index (χ1v) is 17.5. The number of fused-ring (bicyclic) bond motifs is 1. The average Bonchev–Trinajstić information content (AvgIpc) is 3.50. The van der Waals surface area contributed by atoms with E-state index in [0.717, 1.165) is 54.0 Å². The number of carboxylic acids is 1. The fourth-order valence-electron chi connectivity index (χ4n) is 7.26. The highest BCUT2D eigenvalue weighted by molar-refractivity contribution is 6.35. The molecule has 2 amide bonds. The van der Waals surface area contributed by atoms with Crippen LogP contribution >= 0.6 is 11.6 Å². The Balaban J connectivity index is 1.42. The number of aliphatic hydroxyl groups excluding tert-OH is 1. The number of carboxylic acid groups (broad SMARTS) is 1. The molecule has 2 fully saturated rings. The van der Waals surface area contributed by atoms with Crippen molar-refractivity contribution in [2.75, 3.05) is 6.54 Å². The molecule has 5 atom stereocenters. The van der Waals surface area contributed by atoms with Crippen molar-refractivity contribution in [3.05, 3.63) is 82.9 Å². The molecule has 10 nitrogen and oxygen atoms in total. The Kier molecular flexibility index (Phi) is 12.0. The number of aliphatic hydroxyl groups is 1. The van der Waals surface area contributed by atoms with Crippen molar-refractivity contribution in [3.63, 3.8) is 0 Å². The van der Waals surface area contributed by atoms with E-state index >= 15 is 0 Å². The van der Waals surface area contributed by atoms with Gasteiger partial charge in [0.25, 0.3) is 5.78 Å². The molecule has 0 spiro atoms. The van der Waals surface area contributed by atoms with E-state index in [-0.39, 0.29) is 12.3 Å². The van der Waals surface area contributed by atoms with Crippen LogP contribution < -0.4 is 16.0 Å². The molecule has 1 aliphatic carbocycles. The topological polar surface area (TPSA) is 154 Å². The molecule has 1 aliphatic heterocycles. The standard InChI is InChI=1S/C38H46ClN3O7/c1-38(2,28-13-8-14-29(39)22-28)33(26-16-15-24-11-6-7-12-25(24)20-26)49-37(48)42-31(19-23-9-4-3-5-10-23)35(45)41-30(32(43)36(46)47)21-27-17-18-40-34(27)44/h6-8,11-16,20,22-23,27,30-31,33-34,40,44H,3-5,9-10,17-19,21H2,1-2H3,(H,41,45)(H,42,48)(H,46,47)/t27-,30-,31-,33?,34?/m0/s1. The molecule has 2 unspecified atom stereocenters. The first-order valence-electron chi connectivity index (χ1n) is 17.1. The van der Waals surface area contributed by atoms with Crippen LogP contribution in [0.25, 0.3) is 10.8 Å². The number of hydrogen-bond donors (Lipinski definition) is 5. The van der Waals surface area contributed by atoms with Crippen molar-refractivity contribution in [3.8, 4) is 0 Å². The minimum atomic E-state index is -1.68. The lowest BCUT2D eigenvalue weighted by Crippen LogP contribution is -2.54. The summed E-state index contributed by atoms with van der Waals surface area (Å²) in [7, 11) is 0. The molecular formula is C38H46ClN3O7. The number of hydrogen-bond acceptors (Lipinski definition) is 7. The van der Waals surface area contributed by atoms with Gasteiger partial charge < -0.3 is 25.6 Å². The monoisotopic (exact) mass is 691 g/mol. The highest BCUT2D eigenvalue weighted by Gasteiger charge is 2.39. The zero-order valence-corrected chi connectivity index (χ0v) is 28.7. The number of Topliss-reactive ketones (excluding diaryl/α,β-unsaturated/α-hetero) is 1. The van der Waals surface area contributed by atoms with Gasteiger partial charge in [0.05, 0.1) is 6.04 Å². The summed E-state index contributed by atoms with van der Waals surface area (Å²) in [5, 5.41) is 30.6. The van der Waals surface area contributed by atoms with Gasteiger partial charge in [-0.25, -0.2) is 9.59 Å². The molecule has 5 N–H and O–H groups in total. The second-order valence-corrected chi connectivity index (χ2v) is 14.4. The normalized spacial score (nSPS) is 20.2. The Bertz CT molecular complexity index is 1660. The number of carbonyl (C=O) groups excluding carboxylic acids is 3. The number of rotatable bonds is 13. The Morgan fingerprint density at radius 1 is 0.898 bits per heavy atom. The van der Waals surface area contributed by atoms with Crippen molar-refractivity contribution in [2.24, 2.45) is 11.8 Å². The third kappa shape index (κ3) is 9.17. The Hall–Kier alpha value is -3.99. The van der Waals surface area contributed by atoms with Gasteiger partial charge in [-0.3, -0.25) is 14.9 Å². The van der Waals surface area contributed by atoms with Crippen molar-refractivity contribution in [2.45, 2.75) is 95.0 Å². The predicted molar refractivity (Wildman–Crippen MR) is 187 cm³/mol. The summed E-state index contributed by atoms with van der Waals surface area (Å²) in [6.45, 7) is 4.44. The maximum absolute atomic E-state index is 13.9. The van der Waals surface area contributed by atoms with Gasteiger partial charge in [-0.15, -0.1) is 0 Å². The number of ether oxygens (including phenoxy) is 1. The van der Waals surface area contributed by atoms with Gasteiger partial charge in [-0.05, 0) is 71.8 Å². The van der Waals surface area contributed by atoms with Crippen LogP contribution in [0.1, 0.15) is 82.4 Å². The molecular weight excluding hydrogens is 646 g/mol. The van der Waals surface area contributed by atoms with Crippen LogP contribution in [-0.4, -0.2) is 58.8 Å². The second kappa shape index (κ2) is 16.1. The van der Waals surface area contributed by atoms with E-state index in [1.165, 1.54) is 0 Å². The van der Waals surface area contributed by atoms with Crippen LogP contribution in [-0.2, 0) is 24.5 Å². The Morgan fingerprint density at radius 2 is 1.63 bits per heavy atom. The first kappa shape index (κ1) is 36.3. The summed E-state index contributed by atoms with van der Waals surface area (Å²) in [6, 6.07) is 18.7. The number of aliphatic carboxylic acids is 1. The van der Waals surface area contributed by atoms with E-state index in [2.05, 4.69) is 16.0 Å². The molecule has 262 valence electrons. The highest BCUT2D eigenvalue weighted by atomic mass is 35.5. The number of ketones is 1. The van der Waals surface area contributed by atoms with Crippen LogP contribution in [0.15, 0.2) is 66.7 Å². The van der Waals surface area contributed by atoms with E-state index in [1.807, 2.05) is 74.5 Å². The fraction of sp³-hybridized carbons (Fsp3) is 0.474. The van der Waals surface area contributed by atoms with Crippen molar-refractivity contribution in [1.29, 1.82) is 0 Å². The van der Waals surface area contributed by atoms with Crippen LogP contribution in [0.2, 0.25) is 5.02 Å². The van der Waals surface area contributed by atoms with Crippen LogP contribution in [0.5, 0.6) is 0 Å². The molecule has 3 aromatic carbocycles. The van der Waals surface area contributed by atoms with Crippen molar-refractivity contribution in [1.82, 2.24) is 16.0 Å². The van der Waals surface area contributed by atoms with Crippen LogP contribution in [0, 0.1) is 11.8 Å². The number of benzene rings is 3. The Morgan fingerprint density at radius 3 is 2.31 bits per heavy atom. The molecule has 0 bridgehead atoms. The molecule has 3 aromatic rings. The number of carbonyl (C=O) groups is 4. The summed E-state index contributed by atoms with van der Waals surface area (Å²) in [4.78, 5) is 52.3. The van der Waals surface area contributed by atoms with Crippen molar-refractivity contribution >= 4 is 46.1 Å². The molecule has 2 aliphatic rings.